The molecule has 1 heterocycles. The Kier molecular flexibility index (Phi) is 7.55. The second kappa shape index (κ2) is 9.87. The molecular formula is C20H24N2O4S. The van der Waals surface area contributed by atoms with Crippen molar-refractivity contribution >= 4 is 34.8 Å². The number of benzene rings is 1. The molecule has 3 N–H and O–H groups in total. The van der Waals surface area contributed by atoms with Gasteiger partial charge >= 0.3 is 5.97 Å². The molecule has 2 amide bonds. The summed E-state index contributed by atoms with van der Waals surface area (Å²) in [7, 11) is 0. The standard InChI is InChI=1S/C20H24N2O4S/c1-13(2)10-17(20(26)21-15-6-4-3-5-7-15)22-19(25)16(11-18(23)24)14-8-9-27-12-14/h3-9,12-13,16-17H,10-11H2,1-2H3,(H,21,26)(H,22,25)(H,23,24). The van der Waals surface area contributed by atoms with Gasteiger partial charge in [0.2, 0.25) is 11.8 Å². The van der Waals surface area contributed by atoms with Gasteiger partial charge in [0.05, 0.1) is 12.3 Å². The molecule has 2 unspecified atom stereocenters. The van der Waals surface area contributed by atoms with Crippen LogP contribution >= 0.6 is 11.3 Å². The van der Waals surface area contributed by atoms with E-state index in [9.17, 15) is 14.4 Å². The zero-order valence-electron chi connectivity index (χ0n) is 15.3. The molecule has 2 rings (SSSR count). The number of nitrogens with one attached hydrogen (secondary N) is 2. The number of para-hydroxylation sites is 1. The van der Waals surface area contributed by atoms with Gasteiger partial charge in [-0.15, -0.1) is 0 Å². The van der Waals surface area contributed by atoms with Gasteiger partial charge in [-0.3, -0.25) is 14.4 Å². The van der Waals surface area contributed by atoms with Gasteiger partial charge in [0.15, 0.2) is 0 Å². The maximum atomic E-state index is 12.8. The molecule has 2 atom stereocenters. The number of carboxylic acid groups (broad SMARTS) is 1. The fourth-order valence-corrected chi connectivity index (χ4v) is 3.45. The smallest absolute Gasteiger partial charge is 0.304 e. The van der Waals surface area contributed by atoms with Crippen LogP contribution in [0.5, 0.6) is 0 Å². The number of thiophene rings is 1. The summed E-state index contributed by atoms with van der Waals surface area (Å²) in [6, 6.07) is 10.00. The first-order valence-electron chi connectivity index (χ1n) is 8.77. The van der Waals surface area contributed by atoms with Crippen molar-refractivity contribution in [2.24, 2.45) is 5.92 Å². The average molecular weight is 388 g/mol. The van der Waals surface area contributed by atoms with Gasteiger partial charge in [0.1, 0.15) is 6.04 Å². The number of carbonyl (C=O) groups excluding carboxylic acids is 2. The van der Waals surface area contributed by atoms with Crippen LogP contribution in [0.1, 0.15) is 38.2 Å². The highest BCUT2D eigenvalue weighted by Crippen LogP contribution is 2.23. The Labute approximate surface area is 162 Å². The van der Waals surface area contributed by atoms with Crippen LogP contribution in [-0.2, 0) is 14.4 Å². The lowest BCUT2D eigenvalue weighted by Crippen LogP contribution is -2.46. The number of amides is 2. The number of aliphatic carboxylic acids is 1. The van der Waals surface area contributed by atoms with E-state index in [2.05, 4.69) is 10.6 Å². The normalized spacial score (nSPS) is 13.0. The quantitative estimate of drug-likeness (QED) is 0.613. The maximum absolute atomic E-state index is 12.8. The summed E-state index contributed by atoms with van der Waals surface area (Å²) in [6.45, 7) is 3.92. The van der Waals surface area contributed by atoms with Crippen LogP contribution in [0.25, 0.3) is 0 Å². The second-order valence-corrected chi connectivity index (χ2v) is 7.53. The van der Waals surface area contributed by atoms with Crippen molar-refractivity contribution in [3.8, 4) is 0 Å². The van der Waals surface area contributed by atoms with Gasteiger partial charge in [-0.05, 0) is 46.9 Å². The first kappa shape index (κ1) is 20.6. The Bertz CT molecular complexity index is 760. The molecule has 0 aliphatic heterocycles. The molecule has 0 bridgehead atoms. The topological polar surface area (TPSA) is 95.5 Å². The molecule has 0 aliphatic carbocycles. The van der Waals surface area contributed by atoms with E-state index in [0.717, 1.165) is 0 Å². The predicted molar refractivity (Wildman–Crippen MR) is 106 cm³/mol. The Morgan fingerprint density at radius 3 is 2.33 bits per heavy atom. The number of carbonyl (C=O) groups is 3. The lowest BCUT2D eigenvalue weighted by atomic mass is 9.96. The lowest BCUT2D eigenvalue weighted by molar-refractivity contribution is -0.139. The largest absolute Gasteiger partial charge is 0.481 e. The Morgan fingerprint density at radius 1 is 1.07 bits per heavy atom. The van der Waals surface area contributed by atoms with E-state index in [1.54, 1.807) is 29.0 Å². The molecule has 0 spiro atoms. The molecule has 2 aromatic rings. The Morgan fingerprint density at radius 2 is 1.78 bits per heavy atom. The molecule has 0 aliphatic rings. The average Bonchev–Trinajstić information content (AvgIpc) is 3.13. The summed E-state index contributed by atoms with van der Waals surface area (Å²) in [5.41, 5.74) is 1.29. The van der Waals surface area contributed by atoms with Crippen molar-refractivity contribution in [3.63, 3.8) is 0 Å². The summed E-state index contributed by atoms with van der Waals surface area (Å²) in [5.74, 6) is -2.48. The predicted octanol–water partition coefficient (Wildman–Crippen LogP) is 3.48. The zero-order chi connectivity index (χ0) is 19.8. The number of anilines is 1. The van der Waals surface area contributed by atoms with E-state index in [1.807, 2.05) is 32.0 Å². The minimum atomic E-state index is -1.06. The molecule has 0 radical (unpaired) electrons. The first-order chi connectivity index (χ1) is 12.9. The van der Waals surface area contributed by atoms with Crippen LogP contribution in [0, 0.1) is 5.92 Å². The van der Waals surface area contributed by atoms with E-state index in [-0.39, 0.29) is 18.2 Å². The van der Waals surface area contributed by atoms with Gasteiger partial charge < -0.3 is 15.7 Å². The van der Waals surface area contributed by atoms with E-state index in [0.29, 0.717) is 17.7 Å². The van der Waals surface area contributed by atoms with Gasteiger partial charge in [0.25, 0.3) is 0 Å². The molecule has 1 aromatic carbocycles. The summed E-state index contributed by atoms with van der Waals surface area (Å²) in [5, 5.41) is 18.3. The Balaban J connectivity index is 2.14. The number of hydrogen-bond donors (Lipinski definition) is 3. The van der Waals surface area contributed by atoms with Gasteiger partial charge in [-0.1, -0.05) is 32.0 Å². The monoisotopic (exact) mass is 388 g/mol. The molecule has 6 nitrogen and oxygen atoms in total. The zero-order valence-corrected chi connectivity index (χ0v) is 16.2. The second-order valence-electron chi connectivity index (χ2n) is 6.75. The first-order valence-corrected chi connectivity index (χ1v) is 9.71. The summed E-state index contributed by atoms with van der Waals surface area (Å²) >= 11 is 1.40. The third kappa shape index (κ3) is 6.53. The molecule has 0 saturated carbocycles. The SMILES string of the molecule is CC(C)CC(NC(=O)C(CC(=O)O)c1ccsc1)C(=O)Nc1ccccc1. The molecule has 0 fully saturated rings. The van der Waals surface area contributed by atoms with Crippen LogP contribution in [0.2, 0.25) is 0 Å². The fraction of sp³-hybridized carbons (Fsp3) is 0.350. The highest BCUT2D eigenvalue weighted by atomic mass is 32.1. The van der Waals surface area contributed by atoms with E-state index >= 15 is 0 Å². The highest BCUT2D eigenvalue weighted by Gasteiger charge is 2.29. The van der Waals surface area contributed by atoms with Crippen molar-refractivity contribution in [1.82, 2.24) is 5.32 Å². The summed E-state index contributed by atoms with van der Waals surface area (Å²) in [4.78, 5) is 36.6. The molecular weight excluding hydrogens is 364 g/mol. The maximum Gasteiger partial charge on any atom is 0.304 e. The summed E-state index contributed by atoms with van der Waals surface area (Å²) in [6.07, 6.45) is 0.130. The Hall–Kier alpha value is -2.67. The minimum absolute atomic E-state index is 0.177. The third-order valence-electron chi connectivity index (χ3n) is 4.02. The van der Waals surface area contributed by atoms with Gasteiger partial charge in [-0.25, -0.2) is 0 Å². The van der Waals surface area contributed by atoms with Crippen LogP contribution in [0.15, 0.2) is 47.2 Å². The minimum Gasteiger partial charge on any atom is -0.481 e. The van der Waals surface area contributed by atoms with Crippen LogP contribution in [0.3, 0.4) is 0 Å². The van der Waals surface area contributed by atoms with Crippen molar-refractivity contribution < 1.29 is 19.5 Å². The van der Waals surface area contributed by atoms with E-state index in [4.69, 9.17) is 5.11 Å². The number of rotatable bonds is 9. The van der Waals surface area contributed by atoms with E-state index < -0.39 is 23.8 Å². The van der Waals surface area contributed by atoms with Gasteiger partial charge in [0, 0.05) is 5.69 Å². The van der Waals surface area contributed by atoms with Crippen LogP contribution in [0.4, 0.5) is 5.69 Å². The fourth-order valence-electron chi connectivity index (χ4n) is 2.74. The highest BCUT2D eigenvalue weighted by molar-refractivity contribution is 7.08. The van der Waals surface area contributed by atoms with Gasteiger partial charge in [-0.2, -0.15) is 11.3 Å². The molecule has 1 aromatic heterocycles. The third-order valence-corrected chi connectivity index (χ3v) is 4.72. The van der Waals surface area contributed by atoms with Crippen LogP contribution in [-0.4, -0.2) is 28.9 Å². The molecule has 27 heavy (non-hydrogen) atoms. The molecule has 0 saturated heterocycles. The van der Waals surface area contributed by atoms with E-state index in [1.165, 1.54) is 11.3 Å². The van der Waals surface area contributed by atoms with Crippen molar-refractivity contribution in [3.05, 3.63) is 52.7 Å². The number of hydrogen-bond acceptors (Lipinski definition) is 4. The lowest BCUT2D eigenvalue weighted by Gasteiger charge is -2.23. The van der Waals surface area contributed by atoms with Crippen LogP contribution < -0.4 is 10.6 Å². The van der Waals surface area contributed by atoms with Crippen molar-refractivity contribution in [1.29, 1.82) is 0 Å². The van der Waals surface area contributed by atoms with Crippen molar-refractivity contribution in [2.45, 2.75) is 38.6 Å². The molecule has 7 heteroatoms. The summed E-state index contributed by atoms with van der Waals surface area (Å²) < 4.78 is 0. The molecule has 144 valence electrons. The van der Waals surface area contributed by atoms with Crippen molar-refractivity contribution in [2.75, 3.05) is 5.32 Å². The number of carboxylic acids is 1.